The minimum absolute atomic E-state index is 0.0263. The van der Waals surface area contributed by atoms with Gasteiger partial charge >= 0.3 is 0 Å². The van der Waals surface area contributed by atoms with Crippen LogP contribution in [0.4, 0.5) is 0 Å². The number of hydrogen-bond donors (Lipinski definition) is 0. The number of aromatic nitrogens is 2. The molecule has 6 heteroatoms. The largest absolute Gasteiger partial charge is 0.337 e. The van der Waals surface area contributed by atoms with Gasteiger partial charge in [-0.2, -0.15) is 0 Å². The molecule has 0 bridgehead atoms. The third-order valence-electron chi connectivity index (χ3n) is 6.78. The van der Waals surface area contributed by atoms with Crippen LogP contribution in [0.3, 0.4) is 0 Å². The van der Waals surface area contributed by atoms with Crippen LogP contribution in [0.15, 0.2) is 29.1 Å². The summed E-state index contributed by atoms with van der Waals surface area (Å²) in [7, 11) is 0. The molecule has 0 N–H and O–H groups in total. The summed E-state index contributed by atoms with van der Waals surface area (Å²) in [4.78, 5) is 35.2. The summed E-state index contributed by atoms with van der Waals surface area (Å²) in [5, 5.41) is 0.672. The van der Waals surface area contributed by atoms with E-state index in [1.54, 1.807) is 4.57 Å². The molecule has 2 aliphatic rings. The van der Waals surface area contributed by atoms with E-state index in [2.05, 4.69) is 23.6 Å². The normalized spacial score (nSPS) is 22.3. The highest BCUT2D eigenvalue weighted by atomic mass is 16.2. The summed E-state index contributed by atoms with van der Waals surface area (Å²) in [5.41, 5.74) is 0.787. The molecule has 1 aromatic carbocycles. The first-order valence-electron chi connectivity index (χ1n) is 11.0. The zero-order valence-electron chi connectivity index (χ0n) is 17.8. The molecule has 2 atom stereocenters. The Morgan fingerprint density at radius 2 is 1.93 bits per heavy atom. The van der Waals surface area contributed by atoms with Gasteiger partial charge in [-0.15, -0.1) is 0 Å². The van der Waals surface area contributed by atoms with E-state index in [0.29, 0.717) is 17.8 Å². The van der Waals surface area contributed by atoms with E-state index in [1.807, 2.05) is 31.2 Å². The highest BCUT2D eigenvalue weighted by Crippen LogP contribution is 2.29. The maximum absolute atomic E-state index is 13.0. The van der Waals surface area contributed by atoms with Crippen molar-refractivity contribution >= 4 is 16.8 Å². The van der Waals surface area contributed by atoms with Gasteiger partial charge in [-0.1, -0.05) is 25.0 Å². The van der Waals surface area contributed by atoms with E-state index in [4.69, 9.17) is 4.98 Å². The van der Waals surface area contributed by atoms with Crippen LogP contribution in [0.2, 0.25) is 0 Å². The van der Waals surface area contributed by atoms with Crippen molar-refractivity contribution in [2.24, 2.45) is 5.92 Å². The highest BCUT2D eigenvalue weighted by molar-refractivity contribution is 5.79. The van der Waals surface area contributed by atoms with Gasteiger partial charge in [0.05, 0.1) is 16.9 Å². The van der Waals surface area contributed by atoms with Crippen LogP contribution in [0.1, 0.15) is 58.3 Å². The predicted octanol–water partition coefficient (Wildman–Crippen LogP) is 3.20. The van der Waals surface area contributed by atoms with Gasteiger partial charge in [0, 0.05) is 38.1 Å². The number of benzene rings is 1. The molecular weight excluding hydrogens is 364 g/mol. The number of hydrogen-bond acceptors (Lipinski definition) is 4. The molecule has 0 radical (unpaired) electrons. The summed E-state index contributed by atoms with van der Waals surface area (Å²) < 4.78 is 1.80. The zero-order chi connectivity index (χ0) is 20.5. The van der Waals surface area contributed by atoms with Crippen molar-refractivity contribution in [3.05, 3.63) is 40.4 Å². The maximum Gasteiger partial charge on any atom is 0.261 e. The van der Waals surface area contributed by atoms with Crippen LogP contribution in [0.5, 0.6) is 0 Å². The summed E-state index contributed by atoms with van der Waals surface area (Å²) in [6.45, 7) is 9.25. The van der Waals surface area contributed by atoms with Crippen LogP contribution < -0.4 is 5.56 Å². The molecule has 2 fully saturated rings. The topological polar surface area (TPSA) is 58.4 Å². The average Bonchev–Trinajstić information content (AvgIpc) is 3.27. The second-order valence-electron chi connectivity index (χ2n) is 8.57. The van der Waals surface area contributed by atoms with Gasteiger partial charge in [-0.25, -0.2) is 4.98 Å². The van der Waals surface area contributed by atoms with Crippen LogP contribution in [-0.4, -0.2) is 50.9 Å². The monoisotopic (exact) mass is 396 g/mol. The van der Waals surface area contributed by atoms with Gasteiger partial charge in [0.1, 0.15) is 5.82 Å². The van der Waals surface area contributed by atoms with E-state index in [9.17, 15) is 9.59 Å². The Labute approximate surface area is 172 Å². The highest BCUT2D eigenvalue weighted by Gasteiger charge is 2.35. The number of nitrogens with zero attached hydrogens (tertiary/aromatic N) is 4. The summed E-state index contributed by atoms with van der Waals surface area (Å²) >= 11 is 0. The fraction of sp³-hybridized carbons (Fsp3) is 0.609. The van der Waals surface area contributed by atoms with Gasteiger partial charge in [-0.05, 0) is 45.7 Å². The Hall–Kier alpha value is -2.21. The van der Waals surface area contributed by atoms with Crippen LogP contribution in [-0.2, 0) is 11.3 Å². The lowest BCUT2D eigenvalue weighted by molar-refractivity contribution is -0.140. The Morgan fingerprint density at radius 1 is 1.21 bits per heavy atom. The molecule has 1 saturated heterocycles. The Bertz CT molecular complexity index is 948. The van der Waals surface area contributed by atoms with Gasteiger partial charge in [0.25, 0.3) is 5.56 Å². The van der Waals surface area contributed by atoms with Gasteiger partial charge in [-0.3, -0.25) is 19.1 Å². The number of carbonyl (C=O) groups is 1. The smallest absolute Gasteiger partial charge is 0.261 e. The third-order valence-corrected chi connectivity index (χ3v) is 6.78. The first-order valence-corrected chi connectivity index (χ1v) is 11.0. The predicted molar refractivity (Wildman–Crippen MR) is 115 cm³/mol. The minimum Gasteiger partial charge on any atom is -0.337 e. The maximum atomic E-state index is 13.0. The van der Waals surface area contributed by atoms with Gasteiger partial charge in [0.15, 0.2) is 0 Å². The number of amides is 1. The van der Waals surface area contributed by atoms with E-state index in [0.717, 1.165) is 43.8 Å². The minimum atomic E-state index is 0.0263. The fourth-order valence-electron chi connectivity index (χ4n) is 5.05. The Morgan fingerprint density at radius 3 is 2.62 bits per heavy atom. The molecule has 1 saturated carbocycles. The van der Waals surface area contributed by atoms with Gasteiger partial charge < -0.3 is 4.90 Å². The average molecular weight is 397 g/mol. The molecule has 1 aliphatic carbocycles. The lowest BCUT2D eigenvalue weighted by Crippen LogP contribution is -2.55. The zero-order valence-corrected chi connectivity index (χ0v) is 17.8. The van der Waals surface area contributed by atoms with Crippen molar-refractivity contribution in [2.45, 2.75) is 65.1 Å². The van der Waals surface area contributed by atoms with Crippen LogP contribution in [0.25, 0.3) is 10.9 Å². The van der Waals surface area contributed by atoms with Crippen molar-refractivity contribution in [1.82, 2.24) is 19.4 Å². The van der Waals surface area contributed by atoms with Crippen molar-refractivity contribution in [3.63, 3.8) is 0 Å². The third kappa shape index (κ3) is 3.70. The van der Waals surface area contributed by atoms with E-state index < -0.39 is 0 Å². The van der Waals surface area contributed by atoms with Crippen LogP contribution >= 0.6 is 0 Å². The standard InChI is InChI=1S/C23H32N4O2/c1-4-26-21(24-20-12-8-7-11-19(20)23(26)29)17(3)25-13-14-27(16(2)15-25)22(28)18-9-5-6-10-18/h7-8,11-12,16-18H,4-6,9-10,13-15H2,1-3H3. The first kappa shape index (κ1) is 20.1. The molecule has 29 heavy (non-hydrogen) atoms. The first-order chi connectivity index (χ1) is 14.0. The van der Waals surface area contributed by atoms with E-state index >= 15 is 0 Å². The SMILES string of the molecule is CCn1c(C(C)N2CCN(C(=O)C3CCCC3)C(C)C2)nc2ccccc2c1=O. The lowest BCUT2D eigenvalue weighted by Gasteiger charge is -2.43. The molecule has 1 aliphatic heterocycles. The summed E-state index contributed by atoms with van der Waals surface area (Å²) in [5.74, 6) is 1.39. The molecule has 2 heterocycles. The molecular formula is C23H32N4O2. The second kappa shape index (κ2) is 8.27. The van der Waals surface area contributed by atoms with Crippen LogP contribution in [0, 0.1) is 5.92 Å². The van der Waals surface area contributed by atoms with Crippen molar-refractivity contribution in [2.75, 3.05) is 19.6 Å². The molecule has 2 unspecified atom stereocenters. The fourth-order valence-corrected chi connectivity index (χ4v) is 5.05. The van der Waals surface area contributed by atoms with Gasteiger partial charge in [0.2, 0.25) is 5.91 Å². The van der Waals surface area contributed by atoms with Crippen molar-refractivity contribution < 1.29 is 4.79 Å². The Kier molecular flexibility index (Phi) is 5.72. The van der Waals surface area contributed by atoms with E-state index in [1.165, 1.54) is 12.8 Å². The molecule has 1 aromatic heterocycles. The summed E-state index contributed by atoms with van der Waals surface area (Å²) in [6, 6.07) is 7.78. The second-order valence-corrected chi connectivity index (χ2v) is 8.57. The molecule has 4 rings (SSSR count). The number of para-hydroxylation sites is 1. The molecule has 6 nitrogen and oxygen atoms in total. The number of carbonyl (C=O) groups excluding carboxylic acids is 1. The van der Waals surface area contributed by atoms with Crippen molar-refractivity contribution in [1.29, 1.82) is 0 Å². The molecule has 156 valence electrons. The molecule has 1 amide bonds. The van der Waals surface area contributed by atoms with E-state index in [-0.39, 0.29) is 23.6 Å². The Balaban J connectivity index is 1.55. The molecule has 0 spiro atoms. The molecule has 2 aromatic rings. The number of fused-ring (bicyclic) bond motifs is 1. The number of rotatable bonds is 4. The summed E-state index contributed by atoms with van der Waals surface area (Å²) in [6.07, 6.45) is 4.46. The van der Waals surface area contributed by atoms with Crippen molar-refractivity contribution in [3.8, 4) is 0 Å². The quantitative estimate of drug-likeness (QED) is 0.796. The number of piperazine rings is 1. The lowest BCUT2D eigenvalue weighted by atomic mass is 10.0.